The highest BCUT2D eigenvalue weighted by molar-refractivity contribution is 7.99. The lowest BCUT2D eigenvalue weighted by Crippen LogP contribution is -2.12. The summed E-state index contributed by atoms with van der Waals surface area (Å²) in [5.74, 6) is -0.850. The second-order valence-corrected chi connectivity index (χ2v) is 5.10. The van der Waals surface area contributed by atoms with Crippen LogP contribution in [-0.2, 0) is 6.18 Å². The van der Waals surface area contributed by atoms with Crippen molar-refractivity contribution in [1.82, 2.24) is 24.6 Å². The van der Waals surface area contributed by atoms with Gasteiger partial charge < -0.3 is 5.11 Å². The molecule has 0 spiro atoms. The maximum Gasteiger partial charge on any atom is 0.452 e. The quantitative estimate of drug-likeness (QED) is 0.743. The van der Waals surface area contributed by atoms with Crippen molar-refractivity contribution in [3.05, 3.63) is 24.2 Å². The van der Waals surface area contributed by atoms with Gasteiger partial charge in [0.25, 0.3) is 0 Å². The minimum absolute atomic E-state index is 0.0213. The second kappa shape index (κ2) is 5.11. The Balaban J connectivity index is 2.36. The van der Waals surface area contributed by atoms with E-state index < -0.39 is 12.0 Å². The minimum atomic E-state index is -4.65. The third-order valence-electron chi connectivity index (χ3n) is 2.64. The van der Waals surface area contributed by atoms with E-state index in [2.05, 4.69) is 20.2 Å². The molecule has 3 aromatic rings. The number of pyridine rings is 1. The number of nitrogens with zero attached hydrogens (tertiary/aromatic N) is 5. The van der Waals surface area contributed by atoms with Crippen molar-refractivity contribution in [3.63, 3.8) is 0 Å². The third kappa shape index (κ3) is 2.40. The zero-order valence-corrected chi connectivity index (χ0v) is 11.2. The first-order valence-corrected chi connectivity index (χ1v) is 6.81. The number of hydrogen-bond acceptors (Lipinski definition) is 6. The highest BCUT2D eigenvalue weighted by Gasteiger charge is 2.38. The van der Waals surface area contributed by atoms with Gasteiger partial charge >= 0.3 is 6.18 Å². The molecule has 0 saturated carbocycles. The average molecular weight is 315 g/mol. The van der Waals surface area contributed by atoms with Gasteiger partial charge in [0.2, 0.25) is 5.82 Å². The number of rotatable bonds is 3. The zero-order chi connectivity index (χ0) is 15.0. The number of alkyl halides is 3. The number of thioether (sulfide) groups is 1. The van der Waals surface area contributed by atoms with E-state index in [4.69, 9.17) is 5.11 Å². The Bertz CT molecular complexity index is 803. The summed E-state index contributed by atoms with van der Waals surface area (Å²) in [5.41, 5.74) is 0.320. The van der Waals surface area contributed by atoms with E-state index in [-0.39, 0.29) is 22.9 Å². The molecular formula is C11H8F3N5OS. The number of aliphatic hydroxyl groups excluding tert-OH is 1. The monoisotopic (exact) mass is 315 g/mol. The maximum atomic E-state index is 13.0. The normalized spacial score (nSPS) is 12.4. The van der Waals surface area contributed by atoms with Gasteiger partial charge in [-0.15, -0.1) is 22.0 Å². The van der Waals surface area contributed by atoms with Crippen molar-refractivity contribution in [3.8, 4) is 0 Å². The van der Waals surface area contributed by atoms with Crippen LogP contribution in [0.15, 0.2) is 23.4 Å². The fourth-order valence-corrected chi connectivity index (χ4v) is 2.56. The summed E-state index contributed by atoms with van der Waals surface area (Å²) < 4.78 is 40.0. The van der Waals surface area contributed by atoms with E-state index in [1.165, 1.54) is 6.20 Å². The summed E-state index contributed by atoms with van der Waals surface area (Å²) in [6.07, 6.45) is -3.27. The molecule has 0 unspecified atom stereocenters. The van der Waals surface area contributed by atoms with E-state index >= 15 is 0 Å². The Hall–Kier alpha value is -1.94. The van der Waals surface area contributed by atoms with Crippen LogP contribution in [0.25, 0.3) is 16.8 Å². The number of aromatic nitrogens is 5. The van der Waals surface area contributed by atoms with Gasteiger partial charge in [0.15, 0.2) is 11.3 Å². The fourth-order valence-electron chi connectivity index (χ4n) is 1.85. The molecule has 0 bridgehead atoms. The summed E-state index contributed by atoms with van der Waals surface area (Å²) in [7, 11) is 0. The first-order valence-electron chi connectivity index (χ1n) is 5.83. The highest BCUT2D eigenvalue weighted by atomic mass is 32.2. The van der Waals surface area contributed by atoms with Gasteiger partial charge in [-0.25, -0.2) is 9.97 Å². The lowest BCUT2D eigenvalue weighted by molar-refractivity contribution is -0.145. The molecule has 3 heterocycles. The molecule has 0 aliphatic heterocycles. The molecule has 21 heavy (non-hydrogen) atoms. The molecule has 3 rings (SSSR count). The van der Waals surface area contributed by atoms with Crippen LogP contribution in [0.3, 0.4) is 0 Å². The molecule has 110 valence electrons. The summed E-state index contributed by atoms with van der Waals surface area (Å²) in [6.45, 7) is -0.121. The topological polar surface area (TPSA) is 76.2 Å². The summed E-state index contributed by atoms with van der Waals surface area (Å²) in [5, 5.41) is 15.9. The molecule has 0 atom stereocenters. The smallest absolute Gasteiger partial charge is 0.396 e. The van der Waals surface area contributed by atoms with Crippen molar-refractivity contribution in [2.75, 3.05) is 12.4 Å². The Morgan fingerprint density at radius 1 is 1.24 bits per heavy atom. The molecule has 3 aromatic heterocycles. The predicted molar refractivity (Wildman–Crippen MR) is 68.9 cm³/mol. The van der Waals surface area contributed by atoms with Crippen molar-refractivity contribution < 1.29 is 18.3 Å². The van der Waals surface area contributed by atoms with Crippen molar-refractivity contribution >= 4 is 28.6 Å². The highest BCUT2D eigenvalue weighted by Crippen LogP contribution is 2.32. The molecule has 6 nitrogen and oxygen atoms in total. The SMILES string of the molecule is OCCSc1nc2cccnc2n2c(C(F)(F)F)nnc12. The molecule has 0 saturated heterocycles. The van der Waals surface area contributed by atoms with Gasteiger partial charge in [0.05, 0.1) is 6.61 Å². The lowest BCUT2D eigenvalue weighted by atomic mass is 10.4. The molecule has 0 radical (unpaired) electrons. The van der Waals surface area contributed by atoms with Gasteiger partial charge in [-0.3, -0.25) is 4.40 Å². The van der Waals surface area contributed by atoms with E-state index in [9.17, 15) is 13.2 Å². The van der Waals surface area contributed by atoms with Crippen LogP contribution < -0.4 is 0 Å². The van der Waals surface area contributed by atoms with Crippen LogP contribution in [0.4, 0.5) is 13.2 Å². The minimum Gasteiger partial charge on any atom is -0.396 e. The molecule has 0 amide bonds. The fraction of sp³-hybridized carbons (Fsp3) is 0.273. The first-order chi connectivity index (χ1) is 10.0. The second-order valence-electron chi connectivity index (χ2n) is 4.02. The Kier molecular flexibility index (Phi) is 3.41. The number of fused-ring (bicyclic) bond motifs is 3. The van der Waals surface area contributed by atoms with E-state index in [1.54, 1.807) is 12.1 Å². The van der Waals surface area contributed by atoms with Crippen LogP contribution >= 0.6 is 11.8 Å². The van der Waals surface area contributed by atoms with Gasteiger partial charge in [0.1, 0.15) is 10.5 Å². The summed E-state index contributed by atoms with van der Waals surface area (Å²) in [4.78, 5) is 8.17. The Labute approximate surface area is 120 Å². The average Bonchev–Trinajstić information content (AvgIpc) is 2.90. The number of hydrogen-bond donors (Lipinski definition) is 1. The van der Waals surface area contributed by atoms with Crippen LogP contribution in [-0.4, -0.2) is 42.0 Å². The molecule has 0 fully saturated rings. The summed E-state index contributed by atoms with van der Waals surface area (Å²) in [6, 6.07) is 3.14. The molecule has 0 aromatic carbocycles. The summed E-state index contributed by atoms with van der Waals surface area (Å²) >= 11 is 1.11. The van der Waals surface area contributed by atoms with E-state index in [1.807, 2.05) is 0 Å². The maximum absolute atomic E-state index is 13.0. The van der Waals surface area contributed by atoms with Gasteiger partial charge in [-0.05, 0) is 12.1 Å². The molecule has 0 aliphatic rings. The predicted octanol–water partition coefficient (Wildman–Crippen LogP) is 1.78. The third-order valence-corrected chi connectivity index (χ3v) is 3.57. The van der Waals surface area contributed by atoms with Gasteiger partial charge in [-0.2, -0.15) is 13.2 Å². The van der Waals surface area contributed by atoms with E-state index in [0.717, 1.165) is 16.2 Å². The number of halogens is 3. The van der Waals surface area contributed by atoms with Crippen LogP contribution in [0, 0.1) is 0 Å². The molecule has 0 aliphatic carbocycles. The van der Waals surface area contributed by atoms with Crippen molar-refractivity contribution in [2.24, 2.45) is 0 Å². The largest absolute Gasteiger partial charge is 0.452 e. The van der Waals surface area contributed by atoms with Crippen LogP contribution in [0.1, 0.15) is 5.82 Å². The van der Waals surface area contributed by atoms with Crippen molar-refractivity contribution in [2.45, 2.75) is 11.2 Å². The number of aliphatic hydroxyl groups is 1. The van der Waals surface area contributed by atoms with Crippen LogP contribution in [0.5, 0.6) is 0 Å². The molecular weight excluding hydrogens is 307 g/mol. The van der Waals surface area contributed by atoms with E-state index in [0.29, 0.717) is 11.3 Å². The van der Waals surface area contributed by atoms with Crippen LogP contribution in [0.2, 0.25) is 0 Å². The Morgan fingerprint density at radius 2 is 2.05 bits per heavy atom. The lowest BCUT2D eigenvalue weighted by Gasteiger charge is -2.08. The first kappa shape index (κ1) is 14.0. The molecule has 1 N–H and O–H groups in total. The molecule has 10 heteroatoms. The Morgan fingerprint density at radius 3 is 2.76 bits per heavy atom. The van der Waals surface area contributed by atoms with Gasteiger partial charge in [-0.1, -0.05) is 0 Å². The standard InChI is InChI=1S/C11H8F3N5OS/c12-11(13,14)10-18-17-8-9(21-5-4-20)16-6-2-1-3-15-7(6)19(8)10/h1-3,20H,4-5H2. The zero-order valence-electron chi connectivity index (χ0n) is 10.4. The van der Waals surface area contributed by atoms with Gasteiger partial charge in [0, 0.05) is 11.9 Å². The van der Waals surface area contributed by atoms with Crippen molar-refractivity contribution in [1.29, 1.82) is 0 Å².